The summed E-state index contributed by atoms with van der Waals surface area (Å²) in [6.45, 7) is 15.0. The monoisotopic (exact) mass is 1010 g/mol. The van der Waals surface area contributed by atoms with Crippen molar-refractivity contribution in [3.05, 3.63) is 89.8 Å². The Bertz CT molecular complexity index is 2690. The Kier molecular flexibility index (Phi) is 16.4. The Morgan fingerprint density at radius 1 is 1.03 bits per heavy atom. The summed E-state index contributed by atoms with van der Waals surface area (Å²) >= 11 is 0. The van der Waals surface area contributed by atoms with E-state index in [1.807, 2.05) is 45.2 Å². The summed E-state index contributed by atoms with van der Waals surface area (Å²) in [5, 5.41) is 4.83. The first kappa shape index (κ1) is 53.5. The van der Waals surface area contributed by atoms with Gasteiger partial charge in [-0.25, -0.2) is 9.82 Å². The zero-order chi connectivity index (χ0) is 51.6. The van der Waals surface area contributed by atoms with Gasteiger partial charge in [0, 0.05) is 85.2 Å². The molecule has 71 heavy (non-hydrogen) atoms. The molecule has 5 heterocycles. The number of nitrogens with one attached hydrogen (secondary N) is 2. The Labute approximate surface area is 424 Å². The molecular weight excluding hydrogens is 934 g/mol. The van der Waals surface area contributed by atoms with Gasteiger partial charge in [-0.15, -0.1) is 0 Å². The summed E-state index contributed by atoms with van der Waals surface area (Å²) < 4.78 is 27.8. The molecule has 2 saturated heterocycles. The summed E-state index contributed by atoms with van der Waals surface area (Å²) in [7, 11) is 3.95. The fourth-order valence-corrected chi connectivity index (χ4v) is 12.5. The SMILES string of the molecule is CO[C@@H](C)c1ncccc1-c1c2c3cc(ccc3n1C(C)C)-c1cccc(c1)C[C@H](NC(=O)[C@H](C(C)C)N(C)C(=O)[C@]1([SiH3])CCN(C(=O)/C=C/CF)C1)C(=O)N1CCC[C@@](C(=O)[SiH3])(COCC(C)(C)C2)N1. The van der Waals surface area contributed by atoms with Crippen LogP contribution in [-0.4, -0.2) is 145 Å². The van der Waals surface area contributed by atoms with E-state index >= 15 is 4.79 Å². The van der Waals surface area contributed by atoms with Crippen LogP contribution in [0.25, 0.3) is 33.3 Å². The van der Waals surface area contributed by atoms with Gasteiger partial charge in [-0.1, -0.05) is 58.0 Å². The van der Waals surface area contributed by atoms with Crippen LogP contribution in [0.3, 0.4) is 0 Å². The molecule has 2 N–H and O–H groups in total. The number of alkyl halides is 1. The highest BCUT2D eigenvalue weighted by Crippen LogP contribution is 2.44. The van der Waals surface area contributed by atoms with Crippen molar-refractivity contribution in [2.45, 2.75) is 115 Å². The van der Waals surface area contributed by atoms with Crippen LogP contribution in [0.4, 0.5) is 4.39 Å². The molecule has 3 aliphatic rings. The standard InChI is InChI=1S/C54H74FN7O7Si2/c1-33(2)46(59(8)50(66)54(71)21-25-60(30-54)44(63)17-11-22-55)48(64)57-42-27-36-14-10-15-37(26-36)38-18-19-43-40(28-38)41(47(62(43)34(3)4)39-16-12-23-56-45(39)35(5)68-9)29-52(6,7)31-69-32-53(51(67)70)20-13-24-61(58-53)49(42)65/h10-12,14-19,23,26,28,33-35,42,46,58H,13,20-22,24-25,27,29-32H2,1-9,70-71H3,(H,57,64)/b17-11+/t35-,42-,46-,53-,54-/m0/s1. The van der Waals surface area contributed by atoms with Crippen molar-refractivity contribution in [3.63, 3.8) is 0 Å². The van der Waals surface area contributed by atoms with Gasteiger partial charge in [-0.2, -0.15) is 0 Å². The average molecular weight is 1010 g/mol. The molecule has 4 aromatic rings. The van der Waals surface area contributed by atoms with Crippen molar-refractivity contribution in [2.24, 2.45) is 11.3 Å². The summed E-state index contributed by atoms with van der Waals surface area (Å²) in [4.78, 5) is 78.8. The van der Waals surface area contributed by atoms with Crippen LogP contribution >= 0.6 is 0 Å². The number of hydrazine groups is 1. The first-order valence-corrected chi connectivity index (χ1v) is 27.2. The molecule has 6 bridgehead atoms. The molecule has 17 heteroatoms. The van der Waals surface area contributed by atoms with E-state index in [2.05, 4.69) is 79.4 Å². The molecule has 382 valence electrons. The number of methoxy groups -OCH3 is 1. The highest BCUT2D eigenvalue weighted by molar-refractivity contribution is 6.60. The van der Waals surface area contributed by atoms with E-state index in [4.69, 9.17) is 14.5 Å². The van der Waals surface area contributed by atoms with Gasteiger partial charge in [0.25, 0.3) is 5.91 Å². The zero-order valence-electron chi connectivity index (χ0n) is 43.6. The molecule has 14 nitrogen and oxygen atoms in total. The number of pyridine rings is 1. The van der Waals surface area contributed by atoms with Crippen molar-refractivity contribution >= 4 is 60.4 Å². The lowest BCUT2D eigenvalue weighted by atomic mass is 9.84. The van der Waals surface area contributed by atoms with E-state index < -0.39 is 46.6 Å². The minimum Gasteiger partial charge on any atom is -0.378 e. The second-order valence-electron chi connectivity index (χ2n) is 21.7. The lowest BCUT2D eigenvalue weighted by Crippen LogP contribution is -2.68. The third-order valence-electron chi connectivity index (χ3n) is 14.8. The van der Waals surface area contributed by atoms with Gasteiger partial charge in [-0.3, -0.25) is 29.2 Å². The van der Waals surface area contributed by atoms with Crippen LogP contribution in [0.2, 0.25) is 5.04 Å². The number of halogens is 1. The van der Waals surface area contributed by atoms with Crippen LogP contribution in [0, 0.1) is 11.3 Å². The number of hydrogen-bond acceptors (Lipinski definition) is 9. The predicted molar refractivity (Wildman–Crippen MR) is 282 cm³/mol. The molecule has 0 saturated carbocycles. The maximum absolute atomic E-state index is 15.1. The summed E-state index contributed by atoms with van der Waals surface area (Å²) in [6, 6.07) is 16.8. The number of allylic oxidation sites excluding steroid dienone is 1. The molecule has 3 aliphatic heterocycles. The molecule has 2 aromatic heterocycles. The van der Waals surface area contributed by atoms with Crippen LogP contribution in [0.1, 0.15) is 96.7 Å². The van der Waals surface area contributed by atoms with Crippen molar-refractivity contribution in [2.75, 3.05) is 53.7 Å². The molecule has 0 aliphatic carbocycles. The zero-order valence-corrected chi connectivity index (χ0v) is 47.6. The van der Waals surface area contributed by atoms with Crippen molar-refractivity contribution in [1.29, 1.82) is 0 Å². The third-order valence-corrected chi connectivity index (χ3v) is 17.0. The number of nitrogens with zero attached hydrogens (tertiary/aromatic N) is 5. The summed E-state index contributed by atoms with van der Waals surface area (Å²) in [5.74, 6) is -1.82. The highest BCUT2D eigenvalue weighted by Gasteiger charge is 2.47. The lowest BCUT2D eigenvalue weighted by Gasteiger charge is -2.44. The Balaban J connectivity index is 1.31. The van der Waals surface area contributed by atoms with Crippen LogP contribution < -0.4 is 10.7 Å². The van der Waals surface area contributed by atoms with Gasteiger partial charge in [-0.05, 0) is 110 Å². The number of benzene rings is 2. The second kappa shape index (κ2) is 21.8. The molecule has 5 atom stereocenters. The minimum atomic E-state index is -1.14. The number of fused-ring (bicyclic) bond motifs is 6. The minimum absolute atomic E-state index is 0.0237. The normalized spacial score (nSPS) is 22.8. The molecule has 2 fully saturated rings. The van der Waals surface area contributed by atoms with Gasteiger partial charge >= 0.3 is 0 Å². The average Bonchev–Trinajstić information content (AvgIpc) is 3.90. The van der Waals surface area contributed by atoms with Crippen LogP contribution in [0.5, 0.6) is 0 Å². The number of carbonyl (C=O) groups excluding carboxylic acids is 5. The maximum atomic E-state index is 15.1. The van der Waals surface area contributed by atoms with E-state index in [1.54, 1.807) is 19.1 Å². The fourth-order valence-electron chi connectivity index (χ4n) is 11.0. The van der Waals surface area contributed by atoms with Gasteiger partial charge in [0.05, 0.1) is 46.0 Å². The Morgan fingerprint density at radius 2 is 1.77 bits per heavy atom. The molecule has 0 spiro atoms. The number of aromatic nitrogens is 2. The van der Waals surface area contributed by atoms with Crippen molar-refractivity contribution < 1.29 is 37.8 Å². The van der Waals surface area contributed by atoms with Gasteiger partial charge in [0.2, 0.25) is 17.7 Å². The smallest absolute Gasteiger partial charge is 0.259 e. The van der Waals surface area contributed by atoms with Crippen LogP contribution in [-0.2, 0) is 46.3 Å². The van der Waals surface area contributed by atoms with Gasteiger partial charge < -0.3 is 34.0 Å². The van der Waals surface area contributed by atoms with Crippen LogP contribution in [0.15, 0.2) is 72.9 Å². The lowest BCUT2D eigenvalue weighted by molar-refractivity contribution is -0.149. The molecule has 4 amide bonds. The highest BCUT2D eigenvalue weighted by atomic mass is 28.1. The number of likely N-dealkylation sites (tertiary alicyclic amines) is 1. The summed E-state index contributed by atoms with van der Waals surface area (Å²) in [5.41, 5.74) is 9.71. The molecule has 0 unspecified atom stereocenters. The number of ether oxygens (including phenoxy) is 2. The maximum Gasteiger partial charge on any atom is 0.259 e. The summed E-state index contributed by atoms with van der Waals surface area (Å²) in [6.07, 6.45) is 6.13. The van der Waals surface area contributed by atoms with Crippen molar-refractivity contribution in [3.8, 4) is 22.4 Å². The largest absolute Gasteiger partial charge is 0.378 e. The van der Waals surface area contributed by atoms with E-state index in [9.17, 15) is 23.6 Å². The van der Waals surface area contributed by atoms with E-state index in [1.165, 1.54) is 16.0 Å². The molecule has 2 aromatic carbocycles. The molecule has 7 rings (SSSR count). The number of rotatable bonds is 12. The predicted octanol–water partition coefficient (Wildman–Crippen LogP) is 4.81. The Morgan fingerprint density at radius 3 is 2.46 bits per heavy atom. The van der Waals surface area contributed by atoms with Crippen molar-refractivity contribution in [1.82, 2.24) is 35.1 Å². The third kappa shape index (κ3) is 11.2. The fraction of sp³-hybridized carbons (Fsp3) is 0.519. The van der Waals surface area contributed by atoms with Gasteiger partial charge in [0.15, 0.2) is 0 Å². The quantitative estimate of drug-likeness (QED) is 0.151. The number of carbonyl (C=O) groups is 5. The van der Waals surface area contributed by atoms with E-state index in [0.29, 0.717) is 55.6 Å². The second-order valence-corrected chi connectivity index (χ2v) is 24.5. The Hall–Kier alpha value is -5.34. The number of hydrogen-bond donors (Lipinski definition) is 2. The van der Waals surface area contributed by atoms with E-state index in [0.717, 1.165) is 56.2 Å². The molecule has 0 radical (unpaired) electrons. The first-order chi connectivity index (χ1) is 33.6. The molecular formula is C54H74FN7O7Si2. The number of likely N-dealkylation sites (N-methyl/N-ethyl adjacent to an activating group) is 1. The first-order valence-electron chi connectivity index (χ1n) is 25.2. The van der Waals surface area contributed by atoms with Gasteiger partial charge in [0.1, 0.15) is 29.7 Å². The van der Waals surface area contributed by atoms with E-state index in [-0.39, 0.29) is 65.1 Å². The number of amides is 4. The topological polar surface area (TPSA) is 155 Å².